The van der Waals surface area contributed by atoms with Crippen LogP contribution in [0.5, 0.6) is 0 Å². The Kier molecular flexibility index (Phi) is 9.95. The van der Waals surface area contributed by atoms with Gasteiger partial charge in [0.05, 0.1) is 0 Å². The van der Waals surface area contributed by atoms with Crippen molar-refractivity contribution in [2.24, 2.45) is 11.8 Å². The molecule has 0 nitrogen and oxygen atoms in total. The summed E-state index contributed by atoms with van der Waals surface area (Å²) in [7, 11) is 17.5. The minimum absolute atomic E-state index is 0.0723. The molecule has 2 atom stereocenters. The molecule has 4 heteroatoms. The fourth-order valence-electron chi connectivity index (χ4n) is 8.72. The van der Waals surface area contributed by atoms with E-state index < -0.39 is 21.5 Å². The molecule has 0 bridgehead atoms. The number of benzene rings is 4. The SMILES string of the molecule is CC(C)C1=Cc2c(-c3ccc(C(C)(C)C)cc3)cccc2[CH]1[Zr]([Cl])([Cl])([CH]1C(C(C)C)=Cc2c(-c3ccc(C(C)(C)C)cc3)cccc21)[SiH](C)C. The Hall–Kier alpha value is -1.96. The van der Waals surface area contributed by atoms with Crippen LogP contribution in [0.2, 0.25) is 13.1 Å². The Morgan fingerprint density at radius 1 is 0.540 bits per heavy atom. The van der Waals surface area contributed by atoms with Gasteiger partial charge in [0.2, 0.25) is 0 Å². The van der Waals surface area contributed by atoms with E-state index in [2.05, 4.69) is 179 Å². The number of halogens is 2. The molecule has 0 saturated carbocycles. The van der Waals surface area contributed by atoms with Crippen LogP contribution in [-0.2, 0) is 26.4 Å². The van der Waals surface area contributed by atoms with Crippen molar-refractivity contribution in [2.75, 3.05) is 0 Å². The molecule has 4 aromatic carbocycles. The van der Waals surface area contributed by atoms with Crippen molar-refractivity contribution in [3.63, 3.8) is 0 Å². The van der Waals surface area contributed by atoms with E-state index in [-0.39, 0.29) is 18.1 Å². The molecule has 0 saturated heterocycles. The second kappa shape index (κ2) is 13.2. The second-order valence-electron chi connectivity index (χ2n) is 18.1. The van der Waals surface area contributed by atoms with Gasteiger partial charge in [-0.05, 0) is 0 Å². The average molecular weight is 800 g/mol. The summed E-state index contributed by atoms with van der Waals surface area (Å²) in [6.07, 6.45) is 4.99. The van der Waals surface area contributed by atoms with Gasteiger partial charge in [0.1, 0.15) is 0 Å². The Bertz CT molecular complexity index is 1840. The first kappa shape index (κ1) is 37.8. The Morgan fingerprint density at radius 2 is 0.880 bits per heavy atom. The summed E-state index contributed by atoms with van der Waals surface area (Å²) in [6.45, 7) is 28.0. The van der Waals surface area contributed by atoms with Crippen LogP contribution in [0, 0.1) is 11.8 Å². The standard InChI is InChI=1S/2C22H25.C2H7Si.2ClH.Zr/c2*1-15(2)18-13-17-7-6-8-20(21(17)14-18)16-9-11-19(12-10-16)22(3,4)5;1-3-2;;;/h2*6-15H,1-5H3;3H,1-2H3;2*1H;/q;;;;;+2/p-2. The van der Waals surface area contributed by atoms with Crippen LogP contribution in [0.4, 0.5) is 0 Å². The summed E-state index contributed by atoms with van der Waals surface area (Å²) < 4.78 is 0.145. The normalized spacial score (nSPS) is 18.6. The fraction of sp³-hybridized carbons (Fsp3) is 0.391. The number of hydrogen-bond acceptors (Lipinski definition) is 0. The van der Waals surface area contributed by atoms with Crippen molar-refractivity contribution in [3.05, 3.63) is 129 Å². The van der Waals surface area contributed by atoms with Crippen molar-refractivity contribution in [1.82, 2.24) is 0 Å². The maximum atomic E-state index is 8.77. The molecular formula is C46H57Cl2SiZr. The van der Waals surface area contributed by atoms with Gasteiger partial charge in [0.25, 0.3) is 0 Å². The predicted octanol–water partition coefficient (Wildman–Crippen LogP) is 14.5. The van der Waals surface area contributed by atoms with Gasteiger partial charge in [0.15, 0.2) is 0 Å². The van der Waals surface area contributed by atoms with Crippen LogP contribution in [0.3, 0.4) is 0 Å². The topological polar surface area (TPSA) is 0 Å². The van der Waals surface area contributed by atoms with Crippen molar-refractivity contribution >= 4 is 35.1 Å². The number of rotatable bonds is 7. The van der Waals surface area contributed by atoms with E-state index in [1.165, 1.54) is 66.8 Å². The third-order valence-corrected chi connectivity index (χ3v) is 63.5. The first-order valence-corrected chi connectivity index (χ1v) is 35.0. The van der Waals surface area contributed by atoms with Crippen molar-refractivity contribution < 1.29 is 15.6 Å². The van der Waals surface area contributed by atoms with Crippen molar-refractivity contribution in [1.29, 1.82) is 0 Å². The van der Waals surface area contributed by atoms with Crippen LogP contribution in [-0.4, -0.2) is 5.92 Å². The molecule has 0 radical (unpaired) electrons. The first-order valence-electron chi connectivity index (χ1n) is 18.7. The molecule has 6 rings (SSSR count). The van der Waals surface area contributed by atoms with Gasteiger partial charge in [-0.2, -0.15) is 0 Å². The van der Waals surface area contributed by atoms with E-state index >= 15 is 0 Å². The van der Waals surface area contributed by atoms with Gasteiger partial charge < -0.3 is 0 Å². The van der Waals surface area contributed by atoms with Crippen LogP contribution < -0.4 is 0 Å². The molecule has 0 spiro atoms. The van der Waals surface area contributed by atoms with Gasteiger partial charge in [-0.1, -0.05) is 0 Å². The van der Waals surface area contributed by atoms with Crippen LogP contribution in [0.1, 0.15) is 110 Å². The molecule has 263 valence electrons. The molecule has 4 aromatic rings. The van der Waals surface area contributed by atoms with E-state index in [1.54, 1.807) is 0 Å². The predicted molar refractivity (Wildman–Crippen MR) is 223 cm³/mol. The summed E-state index contributed by atoms with van der Waals surface area (Å²) in [5, 5.41) is 0. The van der Waals surface area contributed by atoms with E-state index in [4.69, 9.17) is 17.0 Å². The molecule has 0 aliphatic heterocycles. The minimum atomic E-state index is -4.91. The van der Waals surface area contributed by atoms with Gasteiger partial charge >= 0.3 is 315 Å². The zero-order chi connectivity index (χ0) is 36.6. The quantitative estimate of drug-likeness (QED) is 0.163. The summed E-state index contributed by atoms with van der Waals surface area (Å²) >= 11 is -4.91. The molecule has 50 heavy (non-hydrogen) atoms. The number of fused-ring (bicyclic) bond motifs is 2. The van der Waals surface area contributed by atoms with Crippen LogP contribution in [0.25, 0.3) is 34.4 Å². The summed E-state index contributed by atoms with van der Waals surface area (Å²) in [5.41, 5.74) is 16.2. The Labute approximate surface area is 312 Å². The zero-order valence-corrected chi connectivity index (χ0v) is 37.5. The van der Waals surface area contributed by atoms with Crippen molar-refractivity contribution in [3.8, 4) is 22.3 Å². The zero-order valence-electron chi connectivity index (χ0n) is 32.4. The average Bonchev–Trinajstić information content (AvgIpc) is 3.65. The molecular weight excluding hydrogens is 743 g/mol. The Balaban J connectivity index is 1.55. The van der Waals surface area contributed by atoms with E-state index in [1.807, 2.05) is 0 Å². The third-order valence-electron chi connectivity index (χ3n) is 11.9. The van der Waals surface area contributed by atoms with E-state index in [9.17, 15) is 0 Å². The van der Waals surface area contributed by atoms with Gasteiger partial charge in [-0.3, -0.25) is 0 Å². The fourth-order valence-corrected chi connectivity index (χ4v) is 40.2. The third kappa shape index (κ3) is 6.27. The maximum absolute atomic E-state index is 8.77. The van der Waals surface area contributed by atoms with Gasteiger partial charge in [-0.25, -0.2) is 0 Å². The molecule has 0 amide bonds. The molecule has 2 aliphatic rings. The van der Waals surface area contributed by atoms with Gasteiger partial charge in [-0.15, -0.1) is 0 Å². The number of allylic oxidation sites excluding steroid dienone is 2. The first-order chi connectivity index (χ1) is 23.2. The monoisotopic (exact) mass is 797 g/mol. The van der Waals surface area contributed by atoms with Crippen molar-refractivity contribution in [2.45, 2.75) is 100 Å². The molecule has 2 aliphatic carbocycles. The molecule has 0 aromatic heterocycles. The Morgan fingerprint density at radius 3 is 1.16 bits per heavy atom. The second-order valence-corrected chi connectivity index (χ2v) is 60.6. The van der Waals surface area contributed by atoms with Crippen LogP contribution >= 0.6 is 17.0 Å². The van der Waals surface area contributed by atoms with E-state index in [0.717, 1.165) is 0 Å². The van der Waals surface area contributed by atoms with E-state index in [0.29, 0.717) is 11.8 Å². The van der Waals surface area contributed by atoms with Crippen LogP contribution in [0.15, 0.2) is 96.1 Å². The van der Waals surface area contributed by atoms with Gasteiger partial charge in [0, 0.05) is 0 Å². The summed E-state index contributed by atoms with van der Waals surface area (Å²) in [6, 6.07) is 32.2. The summed E-state index contributed by atoms with van der Waals surface area (Å²) in [4.78, 5) is 0. The molecule has 2 unspecified atom stereocenters. The summed E-state index contributed by atoms with van der Waals surface area (Å²) in [5.74, 6) is -1.00. The molecule has 0 N–H and O–H groups in total. The molecule has 0 heterocycles. The molecule has 0 fully saturated rings. The number of hydrogen-bond donors (Lipinski definition) is 0.